The van der Waals surface area contributed by atoms with Crippen LogP contribution in [0, 0.1) is 5.92 Å². The fourth-order valence-corrected chi connectivity index (χ4v) is 3.46. The number of ether oxygens (including phenoxy) is 1. The lowest BCUT2D eigenvalue weighted by atomic mass is 10.1. The van der Waals surface area contributed by atoms with Crippen LogP contribution in [0.3, 0.4) is 0 Å². The molecule has 1 saturated heterocycles. The van der Waals surface area contributed by atoms with Crippen LogP contribution in [0.5, 0.6) is 5.75 Å². The highest BCUT2D eigenvalue weighted by atomic mass is 35.5. The Morgan fingerprint density at radius 2 is 1.97 bits per heavy atom. The molecule has 1 N–H and O–H groups in total. The molecule has 0 spiro atoms. The van der Waals surface area contributed by atoms with Gasteiger partial charge in [0.1, 0.15) is 17.1 Å². The smallest absolute Gasteiger partial charge is 0.258 e. The van der Waals surface area contributed by atoms with Crippen molar-refractivity contribution in [3.8, 4) is 28.6 Å². The molecule has 2 aromatic carbocycles. The first kappa shape index (κ1) is 19.2. The van der Waals surface area contributed by atoms with Gasteiger partial charge in [0.2, 0.25) is 5.82 Å². The van der Waals surface area contributed by atoms with Crippen molar-refractivity contribution >= 4 is 22.6 Å². The molecular formula is C23H22ClN3O3. The van der Waals surface area contributed by atoms with Crippen molar-refractivity contribution < 1.29 is 13.7 Å². The first-order valence-electron chi connectivity index (χ1n) is 9.97. The molecule has 0 saturated carbocycles. The van der Waals surface area contributed by atoms with Crippen LogP contribution in [0.1, 0.15) is 26.5 Å². The SMILES string of the molecule is CC(C)COc1ccc(-c2nc(-c3ccc4oc(C5(C)CN5)cc4c3)no2)cc1Cl. The third-order valence-corrected chi connectivity index (χ3v) is 5.50. The molecule has 5 rings (SSSR count). The number of nitrogens with zero attached hydrogens (tertiary/aromatic N) is 2. The Morgan fingerprint density at radius 1 is 1.17 bits per heavy atom. The number of furan rings is 1. The Kier molecular flexibility index (Phi) is 4.56. The molecule has 1 unspecified atom stereocenters. The number of halogens is 1. The largest absolute Gasteiger partial charge is 0.492 e. The van der Waals surface area contributed by atoms with E-state index in [1.54, 1.807) is 6.07 Å². The van der Waals surface area contributed by atoms with Crippen molar-refractivity contribution in [2.24, 2.45) is 5.92 Å². The maximum absolute atomic E-state index is 6.37. The van der Waals surface area contributed by atoms with Crippen molar-refractivity contribution in [1.29, 1.82) is 0 Å². The zero-order valence-corrected chi connectivity index (χ0v) is 17.8. The molecule has 1 fully saturated rings. The number of hydrogen-bond acceptors (Lipinski definition) is 6. The second kappa shape index (κ2) is 7.15. The third kappa shape index (κ3) is 3.57. The molecule has 7 heteroatoms. The van der Waals surface area contributed by atoms with E-state index in [2.05, 4.69) is 42.3 Å². The van der Waals surface area contributed by atoms with E-state index in [0.717, 1.165) is 34.4 Å². The van der Waals surface area contributed by atoms with Gasteiger partial charge in [-0.15, -0.1) is 0 Å². The van der Waals surface area contributed by atoms with Crippen LogP contribution in [-0.4, -0.2) is 23.3 Å². The van der Waals surface area contributed by atoms with Crippen molar-refractivity contribution in [2.45, 2.75) is 26.3 Å². The van der Waals surface area contributed by atoms with Crippen LogP contribution in [0.25, 0.3) is 33.8 Å². The molecule has 0 bridgehead atoms. The number of fused-ring (bicyclic) bond motifs is 1. The summed E-state index contributed by atoms with van der Waals surface area (Å²) >= 11 is 6.37. The Morgan fingerprint density at radius 3 is 2.70 bits per heavy atom. The first-order valence-corrected chi connectivity index (χ1v) is 10.3. The minimum Gasteiger partial charge on any atom is -0.492 e. The summed E-state index contributed by atoms with van der Waals surface area (Å²) in [4.78, 5) is 4.55. The second-order valence-electron chi connectivity index (χ2n) is 8.32. The fraction of sp³-hybridized carbons (Fsp3) is 0.304. The molecular weight excluding hydrogens is 402 g/mol. The summed E-state index contributed by atoms with van der Waals surface area (Å²) in [6.45, 7) is 7.84. The molecule has 1 aliphatic heterocycles. The summed E-state index contributed by atoms with van der Waals surface area (Å²) in [7, 11) is 0. The summed E-state index contributed by atoms with van der Waals surface area (Å²) in [6, 6.07) is 13.4. The molecule has 1 aliphatic rings. The Balaban J connectivity index is 1.40. The number of aromatic nitrogens is 2. The molecule has 0 radical (unpaired) electrons. The average molecular weight is 424 g/mol. The Hall–Kier alpha value is -2.83. The Bertz CT molecular complexity index is 1220. The minimum absolute atomic E-state index is 0.0528. The average Bonchev–Trinajstić information content (AvgIpc) is 3.15. The van der Waals surface area contributed by atoms with Crippen molar-refractivity contribution in [1.82, 2.24) is 15.5 Å². The lowest BCUT2D eigenvalue weighted by Gasteiger charge is -2.10. The highest BCUT2D eigenvalue weighted by molar-refractivity contribution is 6.32. The van der Waals surface area contributed by atoms with Gasteiger partial charge in [-0.25, -0.2) is 0 Å². The van der Waals surface area contributed by atoms with E-state index >= 15 is 0 Å². The molecule has 6 nitrogen and oxygen atoms in total. The zero-order valence-electron chi connectivity index (χ0n) is 17.0. The van der Waals surface area contributed by atoms with Crippen LogP contribution >= 0.6 is 11.6 Å². The molecule has 3 heterocycles. The van der Waals surface area contributed by atoms with Crippen LogP contribution in [-0.2, 0) is 5.54 Å². The van der Waals surface area contributed by atoms with E-state index in [9.17, 15) is 0 Å². The summed E-state index contributed by atoms with van der Waals surface area (Å²) in [5, 5.41) is 9.00. The maximum atomic E-state index is 6.37. The number of rotatable bonds is 6. The van der Waals surface area contributed by atoms with Crippen LogP contribution in [0.15, 0.2) is 51.4 Å². The molecule has 154 valence electrons. The maximum Gasteiger partial charge on any atom is 0.258 e. The summed E-state index contributed by atoms with van der Waals surface area (Å²) in [5.41, 5.74) is 2.40. The Labute approximate surface area is 179 Å². The normalized spacial score (nSPS) is 18.3. The van der Waals surface area contributed by atoms with Gasteiger partial charge in [0.25, 0.3) is 5.89 Å². The monoisotopic (exact) mass is 423 g/mol. The lowest BCUT2D eigenvalue weighted by molar-refractivity contribution is 0.271. The van der Waals surface area contributed by atoms with Gasteiger partial charge < -0.3 is 19.0 Å². The van der Waals surface area contributed by atoms with E-state index in [-0.39, 0.29) is 5.54 Å². The lowest BCUT2D eigenvalue weighted by Crippen LogP contribution is -2.04. The van der Waals surface area contributed by atoms with Crippen molar-refractivity contribution in [3.05, 3.63) is 53.2 Å². The van der Waals surface area contributed by atoms with Gasteiger partial charge in [0, 0.05) is 23.1 Å². The van der Waals surface area contributed by atoms with Gasteiger partial charge in [-0.3, -0.25) is 0 Å². The van der Waals surface area contributed by atoms with E-state index in [4.69, 9.17) is 25.3 Å². The number of hydrogen-bond donors (Lipinski definition) is 1. The van der Waals surface area contributed by atoms with Crippen molar-refractivity contribution in [2.75, 3.05) is 13.2 Å². The first-order chi connectivity index (χ1) is 14.4. The number of nitrogens with one attached hydrogen (secondary N) is 1. The highest BCUT2D eigenvalue weighted by Gasteiger charge is 2.41. The molecule has 1 atom stereocenters. The molecule has 0 aliphatic carbocycles. The molecule has 4 aromatic rings. The highest BCUT2D eigenvalue weighted by Crippen LogP contribution is 2.36. The van der Waals surface area contributed by atoms with Crippen LogP contribution in [0.2, 0.25) is 5.02 Å². The summed E-state index contributed by atoms with van der Waals surface area (Å²) in [5.74, 6) is 2.93. The van der Waals surface area contributed by atoms with E-state index in [1.807, 2.05) is 30.3 Å². The number of benzene rings is 2. The topological polar surface area (TPSA) is 83.2 Å². The second-order valence-corrected chi connectivity index (χ2v) is 8.73. The van der Waals surface area contributed by atoms with E-state index in [0.29, 0.717) is 35.0 Å². The van der Waals surface area contributed by atoms with Gasteiger partial charge >= 0.3 is 0 Å². The molecule has 2 aromatic heterocycles. The summed E-state index contributed by atoms with van der Waals surface area (Å²) in [6.07, 6.45) is 0. The summed E-state index contributed by atoms with van der Waals surface area (Å²) < 4.78 is 17.2. The predicted molar refractivity (Wildman–Crippen MR) is 116 cm³/mol. The quantitative estimate of drug-likeness (QED) is 0.403. The third-order valence-electron chi connectivity index (χ3n) is 5.20. The standard InChI is InChI=1S/C23H22ClN3O3/c1-13(2)11-28-19-7-5-15(9-17(19)24)22-26-21(27-30-22)14-4-6-18-16(8-14)10-20(29-18)23(3)12-25-23/h4-10,13,25H,11-12H2,1-3H3. The van der Waals surface area contributed by atoms with Crippen LogP contribution in [0.4, 0.5) is 0 Å². The van der Waals surface area contributed by atoms with Crippen molar-refractivity contribution in [3.63, 3.8) is 0 Å². The molecule has 0 amide bonds. The van der Waals surface area contributed by atoms with Gasteiger partial charge in [-0.2, -0.15) is 4.98 Å². The van der Waals surface area contributed by atoms with Gasteiger partial charge in [-0.05, 0) is 55.3 Å². The predicted octanol–water partition coefficient (Wildman–Crippen LogP) is 5.66. The van der Waals surface area contributed by atoms with Gasteiger partial charge in [0.05, 0.1) is 17.2 Å². The van der Waals surface area contributed by atoms with E-state index < -0.39 is 0 Å². The van der Waals surface area contributed by atoms with Gasteiger partial charge in [0.15, 0.2) is 0 Å². The van der Waals surface area contributed by atoms with E-state index in [1.165, 1.54) is 0 Å². The fourth-order valence-electron chi connectivity index (χ4n) is 3.23. The van der Waals surface area contributed by atoms with Gasteiger partial charge in [-0.1, -0.05) is 30.6 Å². The minimum atomic E-state index is -0.0528. The zero-order chi connectivity index (χ0) is 20.9. The molecule has 30 heavy (non-hydrogen) atoms. The van der Waals surface area contributed by atoms with Crippen LogP contribution < -0.4 is 10.1 Å².